The first kappa shape index (κ1) is 13.6. The quantitative estimate of drug-likeness (QED) is 0.908. The summed E-state index contributed by atoms with van der Waals surface area (Å²) in [6.45, 7) is 3.88. The molecular weight excluding hydrogens is 243 g/mol. The highest BCUT2D eigenvalue weighted by Crippen LogP contribution is 2.25. The molecule has 2 aromatic rings. The first-order chi connectivity index (χ1) is 9.06. The van der Waals surface area contributed by atoms with E-state index in [1.165, 1.54) is 12.1 Å². The average Bonchev–Trinajstić information content (AvgIpc) is 2.37. The standard InChI is InChI=1S/C16H17FO2/c1-11(2)19-15-8-4-6-13(10-15)16(18)12-5-3-7-14(17)9-12/h3-11,16,18H,1-2H3. The van der Waals surface area contributed by atoms with Gasteiger partial charge < -0.3 is 9.84 Å². The lowest BCUT2D eigenvalue weighted by Crippen LogP contribution is -2.06. The van der Waals surface area contributed by atoms with Crippen molar-refractivity contribution < 1.29 is 14.2 Å². The van der Waals surface area contributed by atoms with Crippen LogP contribution in [-0.2, 0) is 0 Å². The molecule has 0 aliphatic rings. The van der Waals surface area contributed by atoms with Crippen molar-refractivity contribution in [3.05, 3.63) is 65.5 Å². The maximum Gasteiger partial charge on any atom is 0.123 e. The molecule has 0 saturated heterocycles. The molecule has 0 spiro atoms. The van der Waals surface area contributed by atoms with Crippen molar-refractivity contribution in [2.75, 3.05) is 0 Å². The van der Waals surface area contributed by atoms with Crippen molar-refractivity contribution in [2.45, 2.75) is 26.1 Å². The van der Waals surface area contributed by atoms with Crippen molar-refractivity contribution >= 4 is 0 Å². The number of hydrogen-bond acceptors (Lipinski definition) is 2. The van der Waals surface area contributed by atoms with Gasteiger partial charge in [0.1, 0.15) is 17.7 Å². The normalized spacial score (nSPS) is 12.5. The van der Waals surface area contributed by atoms with E-state index in [1.54, 1.807) is 24.3 Å². The zero-order valence-corrected chi connectivity index (χ0v) is 11.0. The summed E-state index contributed by atoms with van der Waals surface area (Å²) in [5.74, 6) is 0.342. The van der Waals surface area contributed by atoms with Gasteiger partial charge in [-0.1, -0.05) is 24.3 Å². The largest absolute Gasteiger partial charge is 0.491 e. The minimum atomic E-state index is -0.855. The van der Waals surface area contributed by atoms with Gasteiger partial charge in [0.05, 0.1) is 6.10 Å². The molecule has 0 amide bonds. The summed E-state index contributed by atoms with van der Waals surface area (Å²) in [5, 5.41) is 10.3. The van der Waals surface area contributed by atoms with Crippen LogP contribution in [0.15, 0.2) is 48.5 Å². The molecule has 1 unspecified atom stereocenters. The highest BCUT2D eigenvalue weighted by molar-refractivity contribution is 5.35. The number of benzene rings is 2. The van der Waals surface area contributed by atoms with Gasteiger partial charge in [-0.3, -0.25) is 0 Å². The zero-order chi connectivity index (χ0) is 13.8. The van der Waals surface area contributed by atoms with Crippen LogP contribution < -0.4 is 4.74 Å². The van der Waals surface area contributed by atoms with Crippen molar-refractivity contribution in [1.29, 1.82) is 0 Å². The molecule has 0 aliphatic carbocycles. The molecule has 0 bridgehead atoms. The van der Waals surface area contributed by atoms with Crippen LogP contribution in [0, 0.1) is 5.82 Å². The SMILES string of the molecule is CC(C)Oc1cccc(C(O)c2cccc(F)c2)c1. The first-order valence-corrected chi connectivity index (χ1v) is 6.26. The molecule has 0 aromatic heterocycles. The number of rotatable bonds is 4. The summed E-state index contributed by atoms with van der Waals surface area (Å²) >= 11 is 0. The van der Waals surface area contributed by atoms with Gasteiger partial charge in [0.15, 0.2) is 0 Å². The van der Waals surface area contributed by atoms with Crippen LogP contribution in [0.1, 0.15) is 31.1 Å². The predicted molar refractivity (Wildman–Crippen MR) is 72.7 cm³/mol. The van der Waals surface area contributed by atoms with Gasteiger partial charge in [-0.2, -0.15) is 0 Å². The van der Waals surface area contributed by atoms with Gasteiger partial charge in [0, 0.05) is 0 Å². The Bertz CT molecular complexity index is 552. The van der Waals surface area contributed by atoms with Gasteiger partial charge >= 0.3 is 0 Å². The molecule has 0 radical (unpaired) electrons. The highest BCUT2D eigenvalue weighted by Gasteiger charge is 2.12. The molecule has 0 aliphatic heterocycles. The number of halogens is 1. The zero-order valence-electron chi connectivity index (χ0n) is 11.0. The van der Waals surface area contributed by atoms with E-state index in [9.17, 15) is 9.50 Å². The van der Waals surface area contributed by atoms with Crippen LogP contribution >= 0.6 is 0 Å². The van der Waals surface area contributed by atoms with E-state index in [0.717, 1.165) is 0 Å². The Morgan fingerprint density at radius 1 is 1.00 bits per heavy atom. The summed E-state index contributed by atoms with van der Waals surface area (Å²) in [6, 6.07) is 13.2. The molecule has 0 heterocycles. The molecule has 0 fully saturated rings. The van der Waals surface area contributed by atoms with E-state index in [0.29, 0.717) is 16.9 Å². The lowest BCUT2D eigenvalue weighted by atomic mass is 10.0. The van der Waals surface area contributed by atoms with Crippen LogP contribution in [-0.4, -0.2) is 11.2 Å². The minimum absolute atomic E-state index is 0.0709. The van der Waals surface area contributed by atoms with E-state index in [2.05, 4.69) is 0 Å². The third-order valence-electron chi connectivity index (χ3n) is 2.71. The van der Waals surface area contributed by atoms with Crippen LogP contribution in [0.5, 0.6) is 5.75 Å². The molecule has 0 saturated carbocycles. The molecular formula is C16H17FO2. The van der Waals surface area contributed by atoms with Crippen molar-refractivity contribution in [2.24, 2.45) is 0 Å². The fourth-order valence-corrected chi connectivity index (χ4v) is 1.90. The molecule has 2 aromatic carbocycles. The molecule has 1 N–H and O–H groups in total. The Kier molecular flexibility index (Phi) is 4.17. The molecule has 2 nitrogen and oxygen atoms in total. The van der Waals surface area contributed by atoms with Crippen molar-refractivity contribution in [3.63, 3.8) is 0 Å². The van der Waals surface area contributed by atoms with Crippen LogP contribution in [0.3, 0.4) is 0 Å². The second-order valence-electron chi connectivity index (χ2n) is 4.70. The average molecular weight is 260 g/mol. The van der Waals surface area contributed by atoms with Gasteiger partial charge in [-0.05, 0) is 49.2 Å². The van der Waals surface area contributed by atoms with Crippen molar-refractivity contribution in [3.8, 4) is 5.75 Å². The fraction of sp³-hybridized carbons (Fsp3) is 0.250. The van der Waals surface area contributed by atoms with Gasteiger partial charge in [0.25, 0.3) is 0 Å². The lowest BCUT2D eigenvalue weighted by Gasteiger charge is -2.14. The molecule has 2 rings (SSSR count). The van der Waals surface area contributed by atoms with Gasteiger partial charge in [0.2, 0.25) is 0 Å². The Balaban J connectivity index is 2.26. The molecule has 19 heavy (non-hydrogen) atoms. The minimum Gasteiger partial charge on any atom is -0.491 e. The summed E-state index contributed by atoms with van der Waals surface area (Å²) in [6.07, 6.45) is -0.784. The smallest absolute Gasteiger partial charge is 0.123 e. The van der Waals surface area contributed by atoms with E-state index in [4.69, 9.17) is 4.74 Å². The fourth-order valence-electron chi connectivity index (χ4n) is 1.90. The van der Waals surface area contributed by atoms with Crippen LogP contribution in [0.4, 0.5) is 4.39 Å². The van der Waals surface area contributed by atoms with Crippen molar-refractivity contribution in [1.82, 2.24) is 0 Å². The number of ether oxygens (including phenoxy) is 1. The molecule has 3 heteroatoms. The molecule has 1 atom stereocenters. The Morgan fingerprint density at radius 2 is 1.63 bits per heavy atom. The topological polar surface area (TPSA) is 29.5 Å². The maximum absolute atomic E-state index is 13.2. The maximum atomic E-state index is 13.2. The summed E-state index contributed by atoms with van der Waals surface area (Å²) in [5.41, 5.74) is 1.21. The van der Waals surface area contributed by atoms with E-state index < -0.39 is 6.10 Å². The predicted octanol–water partition coefficient (Wildman–Crippen LogP) is 3.69. The summed E-state index contributed by atoms with van der Waals surface area (Å²) in [7, 11) is 0. The monoisotopic (exact) mass is 260 g/mol. The lowest BCUT2D eigenvalue weighted by molar-refractivity contribution is 0.216. The number of hydrogen-bond donors (Lipinski definition) is 1. The van der Waals surface area contributed by atoms with Gasteiger partial charge in [-0.25, -0.2) is 4.39 Å². The van der Waals surface area contributed by atoms with E-state index >= 15 is 0 Å². The van der Waals surface area contributed by atoms with Crippen LogP contribution in [0.2, 0.25) is 0 Å². The Hall–Kier alpha value is -1.87. The first-order valence-electron chi connectivity index (χ1n) is 6.26. The summed E-state index contributed by atoms with van der Waals surface area (Å²) < 4.78 is 18.7. The third kappa shape index (κ3) is 3.55. The second-order valence-corrected chi connectivity index (χ2v) is 4.70. The van der Waals surface area contributed by atoms with E-state index in [1.807, 2.05) is 26.0 Å². The Morgan fingerprint density at radius 3 is 2.26 bits per heavy atom. The van der Waals surface area contributed by atoms with E-state index in [-0.39, 0.29) is 11.9 Å². The third-order valence-corrected chi connectivity index (χ3v) is 2.71. The Labute approximate surface area is 112 Å². The number of aliphatic hydroxyl groups excluding tert-OH is 1. The summed E-state index contributed by atoms with van der Waals surface area (Å²) in [4.78, 5) is 0. The number of aliphatic hydroxyl groups is 1. The highest BCUT2D eigenvalue weighted by atomic mass is 19.1. The van der Waals surface area contributed by atoms with Gasteiger partial charge in [-0.15, -0.1) is 0 Å². The molecule has 100 valence electrons. The van der Waals surface area contributed by atoms with Crippen LogP contribution in [0.25, 0.3) is 0 Å². The second kappa shape index (κ2) is 5.85.